The molecule has 0 aliphatic carbocycles. The molecule has 2 N–H and O–H groups in total. The standard InChI is InChI=1S/C20H25N5O3.C16H15ClN2O.C2H6/c1-5-27-13-12-20(2,3)22-17-11-10-16(23-24-17)19-21-18(25-28-19)14-6-8-15(26-4)9-7-14;1-3-18-16-12-6-4-10(17)8-15(12)19-14-7-5-11(20-2)9-13(14)16;1-2/h6-11H,5,12-13H2,1-4H3,(H,22,24);4-9H,3H2,1-2H3,(H,18,19);1-2H3. The van der Waals surface area contributed by atoms with E-state index < -0.39 is 0 Å². The van der Waals surface area contributed by atoms with Crippen molar-refractivity contribution in [3.05, 3.63) is 77.8 Å². The molecule has 0 radical (unpaired) electrons. The maximum Gasteiger partial charge on any atom is 0.278 e. The maximum atomic E-state index is 6.07. The zero-order valence-corrected chi connectivity index (χ0v) is 30.8. The molecule has 0 saturated heterocycles. The Hall–Kier alpha value is -5.00. The van der Waals surface area contributed by atoms with Gasteiger partial charge >= 0.3 is 0 Å². The lowest BCUT2D eigenvalue weighted by molar-refractivity contribution is 0.133. The highest BCUT2D eigenvalue weighted by Crippen LogP contribution is 2.34. The molecule has 50 heavy (non-hydrogen) atoms. The maximum absolute atomic E-state index is 6.07. The molecule has 264 valence electrons. The van der Waals surface area contributed by atoms with E-state index in [4.69, 9.17) is 30.3 Å². The minimum atomic E-state index is -0.155. The zero-order valence-electron chi connectivity index (χ0n) is 30.0. The van der Waals surface area contributed by atoms with E-state index in [1.165, 1.54) is 0 Å². The van der Waals surface area contributed by atoms with Crippen molar-refractivity contribution in [2.45, 2.75) is 53.5 Å². The van der Waals surface area contributed by atoms with Crippen LogP contribution in [0.3, 0.4) is 0 Å². The van der Waals surface area contributed by atoms with Crippen LogP contribution in [0, 0.1) is 0 Å². The molecule has 0 unspecified atom stereocenters. The average molecular weight is 700 g/mol. The lowest BCUT2D eigenvalue weighted by Crippen LogP contribution is -2.32. The predicted octanol–water partition coefficient (Wildman–Crippen LogP) is 9.33. The van der Waals surface area contributed by atoms with Gasteiger partial charge in [-0.2, -0.15) is 4.98 Å². The Balaban J connectivity index is 0.000000224. The minimum absolute atomic E-state index is 0.155. The Morgan fingerprint density at radius 2 is 1.54 bits per heavy atom. The summed E-state index contributed by atoms with van der Waals surface area (Å²) in [5.41, 5.74) is 4.09. The van der Waals surface area contributed by atoms with Crippen molar-refractivity contribution in [2.24, 2.45) is 0 Å². The third kappa shape index (κ3) is 9.79. The lowest BCUT2D eigenvalue weighted by Gasteiger charge is -2.26. The van der Waals surface area contributed by atoms with E-state index in [9.17, 15) is 0 Å². The molecule has 3 aromatic carbocycles. The van der Waals surface area contributed by atoms with E-state index in [1.807, 2.05) is 87.5 Å². The first-order valence-electron chi connectivity index (χ1n) is 16.7. The summed E-state index contributed by atoms with van der Waals surface area (Å²) in [7, 11) is 3.29. The van der Waals surface area contributed by atoms with Crippen molar-refractivity contribution < 1.29 is 18.7 Å². The summed E-state index contributed by atoms with van der Waals surface area (Å²) in [5.74, 6) is 3.08. The number of anilines is 2. The fourth-order valence-electron chi connectivity index (χ4n) is 4.97. The summed E-state index contributed by atoms with van der Waals surface area (Å²) in [4.78, 5) is 9.08. The highest BCUT2D eigenvalue weighted by Gasteiger charge is 2.19. The number of aromatic nitrogens is 5. The molecular formula is C38H46ClN7O4. The fraction of sp³-hybridized carbons (Fsp3) is 0.342. The molecular weight excluding hydrogens is 654 g/mol. The Morgan fingerprint density at radius 1 is 0.800 bits per heavy atom. The van der Waals surface area contributed by atoms with Gasteiger partial charge in [0.25, 0.3) is 5.89 Å². The van der Waals surface area contributed by atoms with Gasteiger partial charge in [0.1, 0.15) is 17.3 Å². The smallest absolute Gasteiger partial charge is 0.278 e. The zero-order chi connectivity index (χ0) is 36.1. The van der Waals surface area contributed by atoms with Crippen molar-refractivity contribution in [2.75, 3.05) is 44.6 Å². The Kier molecular flexibility index (Phi) is 13.7. The first-order chi connectivity index (χ1) is 24.2. The van der Waals surface area contributed by atoms with Crippen LogP contribution < -0.4 is 20.1 Å². The molecule has 6 rings (SSSR count). The number of nitrogens with one attached hydrogen (secondary N) is 2. The number of benzene rings is 3. The predicted molar refractivity (Wildman–Crippen MR) is 202 cm³/mol. The molecule has 6 aromatic rings. The van der Waals surface area contributed by atoms with E-state index in [0.29, 0.717) is 41.5 Å². The number of hydrogen-bond donors (Lipinski definition) is 2. The molecule has 0 bridgehead atoms. The average Bonchev–Trinajstić information content (AvgIpc) is 3.63. The van der Waals surface area contributed by atoms with Crippen LogP contribution in [0.5, 0.6) is 11.5 Å². The van der Waals surface area contributed by atoms with Crippen LogP contribution in [-0.2, 0) is 4.74 Å². The number of fused-ring (bicyclic) bond motifs is 2. The quantitative estimate of drug-likeness (QED) is 0.0936. The molecule has 0 saturated carbocycles. The summed E-state index contributed by atoms with van der Waals surface area (Å²) >= 11 is 6.07. The molecule has 0 spiro atoms. The fourth-order valence-corrected chi connectivity index (χ4v) is 5.14. The highest BCUT2D eigenvalue weighted by molar-refractivity contribution is 6.31. The van der Waals surface area contributed by atoms with Gasteiger partial charge in [0.15, 0.2) is 5.69 Å². The molecule has 0 atom stereocenters. The molecule has 0 fully saturated rings. The van der Waals surface area contributed by atoms with Crippen LogP contribution in [0.4, 0.5) is 11.5 Å². The van der Waals surface area contributed by atoms with Crippen LogP contribution in [0.1, 0.15) is 48.0 Å². The van der Waals surface area contributed by atoms with Gasteiger partial charge in [-0.25, -0.2) is 4.98 Å². The van der Waals surface area contributed by atoms with Crippen LogP contribution in [0.2, 0.25) is 5.02 Å². The lowest BCUT2D eigenvalue weighted by atomic mass is 10.0. The molecule has 12 heteroatoms. The Morgan fingerprint density at radius 3 is 2.20 bits per heavy atom. The van der Waals surface area contributed by atoms with Gasteiger partial charge in [-0.05, 0) is 107 Å². The van der Waals surface area contributed by atoms with Crippen LogP contribution in [-0.4, -0.2) is 64.8 Å². The summed E-state index contributed by atoms with van der Waals surface area (Å²) in [6.45, 7) is 14.5. The van der Waals surface area contributed by atoms with Gasteiger partial charge in [-0.15, -0.1) is 10.2 Å². The van der Waals surface area contributed by atoms with Gasteiger partial charge in [0.05, 0.1) is 30.9 Å². The third-order valence-electron chi connectivity index (χ3n) is 7.50. The molecule has 11 nitrogen and oxygen atoms in total. The first-order valence-corrected chi connectivity index (χ1v) is 17.1. The van der Waals surface area contributed by atoms with Crippen molar-refractivity contribution in [1.82, 2.24) is 25.3 Å². The Labute approximate surface area is 298 Å². The van der Waals surface area contributed by atoms with Gasteiger partial charge in [-0.1, -0.05) is 30.6 Å². The van der Waals surface area contributed by atoms with E-state index in [1.54, 1.807) is 20.3 Å². The van der Waals surface area contributed by atoms with E-state index in [-0.39, 0.29) is 5.54 Å². The van der Waals surface area contributed by atoms with E-state index >= 15 is 0 Å². The highest BCUT2D eigenvalue weighted by atomic mass is 35.5. The SMILES string of the molecule is CC.CCNc1c2ccc(Cl)cc2nc2ccc(OC)cc12.CCOCCC(C)(C)Nc1ccc(-c2nc(-c3ccc(OC)cc3)no2)nn1. The number of pyridine rings is 1. The monoisotopic (exact) mass is 699 g/mol. The van der Waals surface area contributed by atoms with Gasteiger partial charge < -0.3 is 29.4 Å². The largest absolute Gasteiger partial charge is 0.497 e. The first kappa shape index (κ1) is 37.8. The molecule has 0 aliphatic heterocycles. The van der Waals surface area contributed by atoms with Crippen LogP contribution >= 0.6 is 11.6 Å². The molecule has 3 heterocycles. The van der Waals surface area contributed by atoms with Crippen molar-refractivity contribution in [3.63, 3.8) is 0 Å². The third-order valence-corrected chi connectivity index (χ3v) is 7.73. The second-order valence-corrected chi connectivity index (χ2v) is 11.9. The number of nitrogens with zero attached hydrogens (tertiary/aromatic N) is 5. The second kappa shape index (κ2) is 18.1. The topological polar surface area (TPSA) is 129 Å². The van der Waals surface area contributed by atoms with E-state index in [0.717, 1.165) is 57.5 Å². The van der Waals surface area contributed by atoms with Crippen molar-refractivity contribution in [1.29, 1.82) is 0 Å². The number of rotatable bonds is 12. The Bertz CT molecular complexity index is 1950. The van der Waals surface area contributed by atoms with Gasteiger partial charge in [0.2, 0.25) is 5.82 Å². The number of hydrogen-bond acceptors (Lipinski definition) is 11. The molecule has 0 aliphatic rings. The summed E-state index contributed by atoms with van der Waals surface area (Å²) in [6.07, 6.45) is 0.860. The summed E-state index contributed by atoms with van der Waals surface area (Å²) in [6, 6.07) is 22.8. The van der Waals surface area contributed by atoms with Crippen LogP contribution in [0.15, 0.2) is 77.3 Å². The number of halogens is 1. The number of ether oxygens (including phenoxy) is 3. The van der Waals surface area contributed by atoms with E-state index in [2.05, 4.69) is 56.7 Å². The minimum Gasteiger partial charge on any atom is -0.497 e. The number of methoxy groups -OCH3 is 2. The van der Waals surface area contributed by atoms with Crippen LogP contribution in [0.25, 0.3) is 44.8 Å². The second-order valence-electron chi connectivity index (χ2n) is 11.5. The van der Waals surface area contributed by atoms with Crippen molar-refractivity contribution in [3.8, 4) is 34.5 Å². The summed E-state index contributed by atoms with van der Waals surface area (Å²) in [5, 5.41) is 22.1. The summed E-state index contributed by atoms with van der Waals surface area (Å²) < 4.78 is 21.2. The molecule has 0 amide bonds. The van der Waals surface area contributed by atoms with Crippen molar-refractivity contribution >= 4 is 44.9 Å². The molecule has 3 aromatic heterocycles. The van der Waals surface area contributed by atoms with Gasteiger partial charge in [0, 0.05) is 46.7 Å². The normalized spacial score (nSPS) is 10.9. The van der Waals surface area contributed by atoms with Gasteiger partial charge in [-0.3, -0.25) is 0 Å².